The van der Waals surface area contributed by atoms with Gasteiger partial charge in [-0.05, 0) is 52.9 Å². The van der Waals surface area contributed by atoms with Crippen molar-refractivity contribution in [3.8, 4) is 0 Å². The number of hydrogen-bond acceptors (Lipinski definition) is 3. The highest BCUT2D eigenvalue weighted by atomic mass is 79.9. The zero-order chi connectivity index (χ0) is 15.2. The summed E-state index contributed by atoms with van der Waals surface area (Å²) in [6.07, 6.45) is 3.00. The monoisotopic (exact) mass is 347 g/mol. The van der Waals surface area contributed by atoms with Crippen LogP contribution >= 0.6 is 15.9 Å². The van der Waals surface area contributed by atoms with Gasteiger partial charge in [0.1, 0.15) is 4.60 Å². The fourth-order valence-electron chi connectivity index (χ4n) is 1.96. The largest absolute Gasteiger partial charge is 0.323 e. The highest BCUT2D eigenvalue weighted by Crippen LogP contribution is 2.17. The molecule has 21 heavy (non-hydrogen) atoms. The number of carbonyl (C=O) groups excluding carboxylic acids is 1. The quantitative estimate of drug-likeness (QED) is 0.816. The van der Waals surface area contributed by atoms with Gasteiger partial charge in [0.25, 0.3) is 0 Å². The van der Waals surface area contributed by atoms with E-state index in [4.69, 9.17) is 5.73 Å². The molecule has 4 nitrogen and oxygen atoms in total. The number of nitrogens with zero attached hydrogens (tertiary/aromatic N) is 1. The summed E-state index contributed by atoms with van der Waals surface area (Å²) in [4.78, 5) is 16.2. The third-order valence-electron chi connectivity index (χ3n) is 3.21. The van der Waals surface area contributed by atoms with Crippen molar-refractivity contribution in [3.63, 3.8) is 0 Å². The number of rotatable bonds is 5. The molecule has 5 heteroatoms. The molecule has 0 aliphatic rings. The molecular formula is C16H18BrN3O. The molecule has 0 bridgehead atoms. The van der Waals surface area contributed by atoms with E-state index in [2.05, 4.69) is 26.2 Å². The van der Waals surface area contributed by atoms with E-state index in [0.29, 0.717) is 12.1 Å². The van der Waals surface area contributed by atoms with E-state index < -0.39 is 6.04 Å². The van der Waals surface area contributed by atoms with E-state index in [9.17, 15) is 4.79 Å². The van der Waals surface area contributed by atoms with Crippen molar-refractivity contribution >= 4 is 27.5 Å². The number of carbonyl (C=O) groups is 1. The van der Waals surface area contributed by atoms with Crippen LogP contribution in [-0.4, -0.2) is 16.9 Å². The number of nitrogens with two attached hydrogens (primary N) is 1. The van der Waals surface area contributed by atoms with Crippen LogP contribution in [0.5, 0.6) is 0 Å². The van der Waals surface area contributed by atoms with E-state index >= 15 is 0 Å². The SMILES string of the molecule is Cc1cc(NC(=O)C(N)CCc2ccccc2)cnc1Br. The summed E-state index contributed by atoms with van der Waals surface area (Å²) in [7, 11) is 0. The number of benzene rings is 1. The number of anilines is 1. The molecule has 0 aliphatic carbocycles. The molecule has 1 aromatic carbocycles. The molecule has 1 amide bonds. The predicted molar refractivity (Wildman–Crippen MR) is 88.0 cm³/mol. The number of amides is 1. The van der Waals surface area contributed by atoms with Crippen LogP contribution in [0.25, 0.3) is 0 Å². The molecule has 0 aliphatic heterocycles. The highest BCUT2D eigenvalue weighted by Gasteiger charge is 2.14. The minimum Gasteiger partial charge on any atom is -0.323 e. The Morgan fingerprint density at radius 3 is 2.76 bits per heavy atom. The molecule has 1 atom stereocenters. The maximum atomic E-state index is 12.1. The summed E-state index contributed by atoms with van der Waals surface area (Å²) in [5, 5.41) is 2.80. The number of halogens is 1. The first kappa shape index (κ1) is 15.7. The van der Waals surface area contributed by atoms with E-state index in [1.165, 1.54) is 5.56 Å². The van der Waals surface area contributed by atoms with Crippen molar-refractivity contribution in [2.75, 3.05) is 5.32 Å². The van der Waals surface area contributed by atoms with Crippen LogP contribution in [0.15, 0.2) is 47.2 Å². The van der Waals surface area contributed by atoms with Crippen molar-refractivity contribution in [3.05, 3.63) is 58.3 Å². The second-order valence-corrected chi connectivity index (χ2v) is 5.70. The fraction of sp³-hybridized carbons (Fsp3) is 0.250. The van der Waals surface area contributed by atoms with Gasteiger partial charge < -0.3 is 11.1 Å². The third kappa shape index (κ3) is 4.65. The van der Waals surface area contributed by atoms with Gasteiger partial charge in [-0.25, -0.2) is 4.98 Å². The van der Waals surface area contributed by atoms with E-state index in [-0.39, 0.29) is 5.91 Å². The third-order valence-corrected chi connectivity index (χ3v) is 4.04. The lowest BCUT2D eigenvalue weighted by Gasteiger charge is -2.12. The van der Waals surface area contributed by atoms with Crippen molar-refractivity contribution in [1.82, 2.24) is 4.98 Å². The van der Waals surface area contributed by atoms with Gasteiger partial charge in [0.15, 0.2) is 0 Å². The summed E-state index contributed by atoms with van der Waals surface area (Å²) in [5.41, 5.74) is 8.75. The zero-order valence-corrected chi connectivity index (χ0v) is 13.4. The van der Waals surface area contributed by atoms with E-state index in [1.54, 1.807) is 6.20 Å². The molecule has 1 unspecified atom stereocenters. The van der Waals surface area contributed by atoms with Gasteiger partial charge in [0.05, 0.1) is 17.9 Å². The number of pyridine rings is 1. The highest BCUT2D eigenvalue weighted by molar-refractivity contribution is 9.10. The summed E-state index contributed by atoms with van der Waals surface area (Å²) < 4.78 is 0.772. The second-order valence-electron chi connectivity index (χ2n) is 4.95. The van der Waals surface area contributed by atoms with Crippen LogP contribution in [0, 0.1) is 6.92 Å². The van der Waals surface area contributed by atoms with Crippen LogP contribution in [0.1, 0.15) is 17.5 Å². The van der Waals surface area contributed by atoms with Gasteiger partial charge >= 0.3 is 0 Å². The first-order valence-electron chi connectivity index (χ1n) is 6.79. The Hall–Kier alpha value is -1.72. The number of aryl methyl sites for hydroxylation is 2. The maximum Gasteiger partial charge on any atom is 0.241 e. The van der Waals surface area contributed by atoms with Gasteiger partial charge in [0, 0.05) is 0 Å². The van der Waals surface area contributed by atoms with Crippen LogP contribution in [0.4, 0.5) is 5.69 Å². The van der Waals surface area contributed by atoms with Crippen LogP contribution in [0.2, 0.25) is 0 Å². The molecule has 1 aromatic heterocycles. The summed E-state index contributed by atoms with van der Waals surface area (Å²) >= 11 is 3.33. The van der Waals surface area contributed by atoms with E-state index in [1.807, 2.05) is 43.3 Å². The van der Waals surface area contributed by atoms with Crippen molar-refractivity contribution in [1.29, 1.82) is 0 Å². The Kier molecular flexibility index (Phi) is 5.47. The minimum absolute atomic E-state index is 0.186. The molecule has 1 heterocycles. The normalized spacial score (nSPS) is 12.0. The summed E-state index contributed by atoms with van der Waals surface area (Å²) in [5.74, 6) is -0.186. The standard InChI is InChI=1S/C16H18BrN3O/c1-11-9-13(10-19-15(11)17)20-16(21)14(18)8-7-12-5-3-2-4-6-12/h2-6,9-10,14H,7-8,18H2,1H3,(H,20,21). The smallest absolute Gasteiger partial charge is 0.241 e. The molecule has 3 N–H and O–H groups in total. The van der Waals surface area contributed by atoms with Gasteiger partial charge in [-0.1, -0.05) is 30.3 Å². The number of hydrogen-bond donors (Lipinski definition) is 2. The minimum atomic E-state index is -0.533. The number of nitrogens with one attached hydrogen (secondary N) is 1. The summed E-state index contributed by atoms with van der Waals surface area (Å²) in [6.45, 7) is 1.92. The fourth-order valence-corrected chi connectivity index (χ4v) is 2.18. The first-order chi connectivity index (χ1) is 10.1. The molecule has 0 saturated carbocycles. The lowest BCUT2D eigenvalue weighted by molar-refractivity contribution is -0.117. The van der Waals surface area contributed by atoms with Crippen molar-refractivity contribution < 1.29 is 4.79 Å². The van der Waals surface area contributed by atoms with Crippen LogP contribution in [-0.2, 0) is 11.2 Å². The lowest BCUT2D eigenvalue weighted by atomic mass is 10.1. The van der Waals surface area contributed by atoms with Crippen molar-refractivity contribution in [2.45, 2.75) is 25.8 Å². The maximum absolute atomic E-state index is 12.1. The average Bonchev–Trinajstić information content (AvgIpc) is 2.49. The second kappa shape index (κ2) is 7.33. The number of aromatic nitrogens is 1. The van der Waals surface area contributed by atoms with Gasteiger partial charge in [-0.3, -0.25) is 4.79 Å². The Morgan fingerprint density at radius 1 is 1.38 bits per heavy atom. The molecular weight excluding hydrogens is 330 g/mol. The Labute approximate surface area is 132 Å². The van der Waals surface area contributed by atoms with Crippen LogP contribution in [0.3, 0.4) is 0 Å². The van der Waals surface area contributed by atoms with Crippen LogP contribution < -0.4 is 11.1 Å². The predicted octanol–water partition coefficient (Wildman–Crippen LogP) is 3.05. The van der Waals surface area contributed by atoms with Gasteiger partial charge in [-0.2, -0.15) is 0 Å². The topological polar surface area (TPSA) is 68.0 Å². The lowest BCUT2D eigenvalue weighted by Crippen LogP contribution is -2.36. The first-order valence-corrected chi connectivity index (χ1v) is 7.58. The Balaban J connectivity index is 1.89. The Bertz CT molecular complexity index is 616. The summed E-state index contributed by atoms with van der Waals surface area (Å²) in [6, 6.07) is 11.3. The Morgan fingerprint density at radius 2 is 2.10 bits per heavy atom. The van der Waals surface area contributed by atoms with Crippen molar-refractivity contribution in [2.24, 2.45) is 5.73 Å². The molecule has 0 saturated heterocycles. The zero-order valence-electron chi connectivity index (χ0n) is 11.8. The molecule has 2 rings (SSSR count). The van der Waals surface area contributed by atoms with E-state index in [0.717, 1.165) is 16.6 Å². The molecule has 0 fully saturated rings. The molecule has 110 valence electrons. The molecule has 0 radical (unpaired) electrons. The van der Waals surface area contributed by atoms with Gasteiger partial charge in [0.2, 0.25) is 5.91 Å². The average molecular weight is 348 g/mol. The van der Waals surface area contributed by atoms with Gasteiger partial charge in [-0.15, -0.1) is 0 Å². The molecule has 0 spiro atoms. The molecule has 2 aromatic rings.